The number of hydrogen-bond acceptors (Lipinski definition) is 3. The van der Waals surface area contributed by atoms with Crippen molar-refractivity contribution < 1.29 is 8.78 Å². The Balaban J connectivity index is 2.05. The molecular formula is C13H16F2N4. The number of hydrogen-bond donors (Lipinski definition) is 0. The van der Waals surface area contributed by atoms with Crippen molar-refractivity contribution >= 4 is 0 Å². The number of nitrogens with zero attached hydrogens (tertiary/aromatic N) is 4. The first kappa shape index (κ1) is 13.6. The zero-order chi connectivity index (χ0) is 13.7. The highest BCUT2D eigenvalue weighted by atomic mass is 19.3. The lowest BCUT2D eigenvalue weighted by atomic mass is 10.3. The van der Waals surface area contributed by atoms with Gasteiger partial charge in [0.2, 0.25) is 0 Å². The van der Waals surface area contributed by atoms with Crippen molar-refractivity contribution in [3.05, 3.63) is 48.3 Å². The number of halogens is 2. The minimum absolute atomic E-state index is 0.368. The molecule has 0 atom stereocenters. The molecule has 6 heteroatoms. The first-order valence-electron chi connectivity index (χ1n) is 6.12. The van der Waals surface area contributed by atoms with Gasteiger partial charge in [0.1, 0.15) is 5.82 Å². The van der Waals surface area contributed by atoms with Crippen molar-refractivity contribution in [1.29, 1.82) is 0 Å². The quantitative estimate of drug-likeness (QED) is 0.806. The van der Waals surface area contributed by atoms with E-state index < -0.39 is 6.55 Å². The van der Waals surface area contributed by atoms with Gasteiger partial charge in [-0.3, -0.25) is 14.5 Å². The van der Waals surface area contributed by atoms with Gasteiger partial charge in [-0.1, -0.05) is 13.0 Å². The minimum Gasteiger partial charge on any atom is -0.290 e. The van der Waals surface area contributed by atoms with Crippen LogP contribution in [0, 0.1) is 0 Å². The summed E-state index contributed by atoms with van der Waals surface area (Å²) in [5, 5.41) is 0. The van der Waals surface area contributed by atoms with Crippen molar-refractivity contribution in [1.82, 2.24) is 19.4 Å². The van der Waals surface area contributed by atoms with Crippen LogP contribution in [0.3, 0.4) is 0 Å². The molecule has 0 bridgehead atoms. The molecule has 4 nitrogen and oxygen atoms in total. The SMILES string of the molecule is CCN(Cc1ccccn1)Cc1nccn1C(F)F. The number of alkyl halides is 2. The van der Waals surface area contributed by atoms with E-state index in [1.165, 1.54) is 12.4 Å². The Labute approximate surface area is 110 Å². The van der Waals surface area contributed by atoms with Crippen molar-refractivity contribution in [2.75, 3.05) is 6.54 Å². The predicted molar refractivity (Wildman–Crippen MR) is 67.5 cm³/mol. The third-order valence-corrected chi connectivity index (χ3v) is 2.88. The maximum Gasteiger partial charge on any atom is 0.319 e. The molecule has 0 aliphatic heterocycles. The van der Waals surface area contributed by atoms with Crippen LogP contribution in [0.2, 0.25) is 0 Å². The van der Waals surface area contributed by atoms with Crippen LogP contribution in [0.4, 0.5) is 8.78 Å². The second-order valence-corrected chi connectivity index (χ2v) is 4.15. The van der Waals surface area contributed by atoms with E-state index in [1.54, 1.807) is 6.20 Å². The zero-order valence-corrected chi connectivity index (χ0v) is 10.7. The van der Waals surface area contributed by atoms with Crippen molar-refractivity contribution in [3.63, 3.8) is 0 Å². The molecule has 0 aliphatic carbocycles. The third-order valence-electron chi connectivity index (χ3n) is 2.88. The van der Waals surface area contributed by atoms with Gasteiger partial charge in [0, 0.05) is 25.1 Å². The zero-order valence-electron chi connectivity index (χ0n) is 10.7. The van der Waals surface area contributed by atoms with Crippen LogP contribution in [0.5, 0.6) is 0 Å². The molecule has 0 saturated carbocycles. The van der Waals surface area contributed by atoms with Gasteiger partial charge in [0.25, 0.3) is 0 Å². The Hall–Kier alpha value is -1.82. The molecule has 2 aromatic rings. The smallest absolute Gasteiger partial charge is 0.290 e. The average molecular weight is 266 g/mol. The Morgan fingerprint density at radius 2 is 2.05 bits per heavy atom. The summed E-state index contributed by atoms with van der Waals surface area (Å²) in [5.74, 6) is 0.368. The normalized spacial score (nSPS) is 11.4. The highest BCUT2D eigenvalue weighted by Crippen LogP contribution is 2.14. The van der Waals surface area contributed by atoms with E-state index in [4.69, 9.17) is 0 Å². The Kier molecular flexibility index (Phi) is 4.57. The summed E-state index contributed by atoms with van der Waals surface area (Å²) in [7, 11) is 0. The van der Waals surface area contributed by atoms with E-state index in [1.807, 2.05) is 30.0 Å². The van der Waals surface area contributed by atoms with E-state index in [2.05, 4.69) is 9.97 Å². The summed E-state index contributed by atoms with van der Waals surface area (Å²) >= 11 is 0. The largest absolute Gasteiger partial charge is 0.319 e. The van der Waals surface area contributed by atoms with Crippen molar-refractivity contribution in [2.24, 2.45) is 0 Å². The molecule has 0 saturated heterocycles. The molecule has 2 aromatic heterocycles. The predicted octanol–water partition coefficient (Wildman–Crippen LogP) is 2.70. The molecule has 0 amide bonds. The summed E-state index contributed by atoms with van der Waals surface area (Å²) in [6.07, 6.45) is 4.42. The topological polar surface area (TPSA) is 34.0 Å². The van der Waals surface area contributed by atoms with Crippen LogP contribution < -0.4 is 0 Å². The lowest BCUT2D eigenvalue weighted by molar-refractivity contribution is 0.0637. The van der Waals surface area contributed by atoms with Crippen LogP contribution in [0.1, 0.15) is 25.0 Å². The second-order valence-electron chi connectivity index (χ2n) is 4.15. The third kappa shape index (κ3) is 3.57. The highest BCUT2D eigenvalue weighted by Gasteiger charge is 2.14. The Bertz CT molecular complexity index is 498. The fourth-order valence-electron chi connectivity index (χ4n) is 1.84. The highest BCUT2D eigenvalue weighted by molar-refractivity contribution is 5.03. The maximum absolute atomic E-state index is 12.7. The van der Waals surface area contributed by atoms with Gasteiger partial charge >= 0.3 is 6.55 Å². The molecule has 0 aromatic carbocycles. The molecule has 0 unspecified atom stereocenters. The van der Waals surface area contributed by atoms with Crippen LogP contribution in [-0.2, 0) is 13.1 Å². The minimum atomic E-state index is -2.55. The molecule has 2 heterocycles. The van der Waals surface area contributed by atoms with Crippen LogP contribution >= 0.6 is 0 Å². The lowest BCUT2D eigenvalue weighted by Crippen LogP contribution is -2.25. The molecule has 102 valence electrons. The monoisotopic (exact) mass is 266 g/mol. The van der Waals surface area contributed by atoms with Gasteiger partial charge in [0.15, 0.2) is 0 Å². The van der Waals surface area contributed by atoms with E-state index in [0.29, 0.717) is 18.9 Å². The van der Waals surface area contributed by atoms with Gasteiger partial charge < -0.3 is 0 Å². The van der Waals surface area contributed by atoms with Crippen molar-refractivity contribution in [2.45, 2.75) is 26.6 Å². The van der Waals surface area contributed by atoms with Gasteiger partial charge in [-0.15, -0.1) is 0 Å². The number of aromatic nitrogens is 3. The fourth-order valence-corrected chi connectivity index (χ4v) is 1.84. The van der Waals surface area contributed by atoms with E-state index >= 15 is 0 Å². The summed E-state index contributed by atoms with van der Waals surface area (Å²) in [6, 6.07) is 5.68. The van der Waals surface area contributed by atoms with Gasteiger partial charge in [0.05, 0.1) is 12.2 Å². The molecule has 0 N–H and O–H groups in total. The lowest BCUT2D eigenvalue weighted by Gasteiger charge is -2.20. The van der Waals surface area contributed by atoms with Crippen LogP contribution in [0.15, 0.2) is 36.8 Å². The van der Waals surface area contributed by atoms with Gasteiger partial charge in [-0.2, -0.15) is 8.78 Å². The first-order chi connectivity index (χ1) is 9.20. The first-order valence-corrected chi connectivity index (χ1v) is 6.12. The number of pyridine rings is 1. The maximum atomic E-state index is 12.7. The molecule has 0 radical (unpaired) electrons. The summed E-state index contributed by atoms with van der Waals surface area (Å²) < 4.78 is 26.4. The molecule has 0 spiro atoms. The molecule has 0 aliphatic rings. The van der Waals surface area contributed by atoms with Crippen LogP contribution in [-0.4, -0.2) is 26.0 Å². The van der Waals surface area contributed by atoms with Gasteiger partial charge in [-0.05, 0) is 18.7 Å². The van der Waals surface area contributed by atoms with Crippen molar-refractivity contribution in [3.8, 4) is 0 Å². The summed E-state index contributed by atoms with van der Waals surface area (Å²) in [6.45, 7) is 1.18. The molecular weight excluding hydrogens is 250 g/mol. The number of imidazole rings is 1. The van der Waals surface area contributed by atoms with Crippen LogP contribution in [0.25, 0.3) is 0 Å². The molecule has 0 fully saturated rings. The molecule has 19 heavy (non-hydrogen) atoms. The second kappa shape index (κ2) is 6.38. The number of rotatable bonds is 6. The summed E-state index contributed by atoms with van der Waals surface area (Å²) in [5.41, 5.74) is 0.916. The van der Waals surface area contributed by atoms with E-state index in [0.717, 1.165) is 16.8 Å². The molecule has 2 rings (SSSR count). The Morgan fingerprint density at radius 3 is 2.68 bits per heavy atom. The van der Waals surface area contributed by atoms with E-state index in [9.17, 15) is 8.78 Å². The average Bonchev–Trinajstić information content (AvgIpc) is 2.87. The standard InChI is InChI=1S/C13H16F2N4/c1-2-18(9-11-5-3-4-6-16-11)10-12-17-7-8-19(12)13(14)15/h3-8,13H,2,9-10H2,1H3. The fraction of sp³-hybridized carbons (Fsp3) is 0.385. The summed E-state index contributed by atoms with van der Waals surface area (Å²) in [4.78, 5) is 10.2. The van der Waals surface area contributed by atoms with E-state index in [-0.39, 0.29) is 0 Å². The van der Waals surface area contributed by atoms with Gasteiger partial charge in [-0.25, -0.2) is 4.98 Å². The Morgan fingerprint density at radius 1 is 1.21 bits per heavy atom.